The fourth-order valence-electron chi connectivity index (χ4n) is 9.80. The second-order valence-electron chi connectivity index (χ2n) is 14.6. The van der Waals surface area contributed by atoms with Crippen LogP contribution in [0.1, 0.15) is 22.3 Å². The molecule has 0 aliphatic heterocycles. The van der Waals surface area contributed by atoms with Crippen LogP contribution in [-0.2, 0) is 5.41 Å². The second kappa shape index (κ2) is 11.0. The number of hydrogen-bond acceptors (Lipinski definition) is 1. The van der Waals surface area contributed by atoms with Gasteiger partial charge in [-0.05, 0) is 108 Å². The molecule has 2 heteroatoms. The molecule has 2 nitrogen and oxygen atoms in total. The van der Waals surface area contributed by atoms with Crippen LogP contribution in [0.15, 0.2) is 194 Å². The highest BCUT2D eigenvalue weighted by molar-refractivity contribution is 6.11. The first-order chi connectivity index (χ1) is 26.8. The Morgan fingerprint density at radius 2 is 1.07 bits per heavy atom. The molecule has 0 N–H and O–H groups in total. The lowest BCUT2D eigenvalue weighted by Gasteiger charge is -2.31. The Morgan fingerprint density at radius 3 is 1.89 bits per heavy atom. The molecule has 2 aliphatic rings. The summed E-state index contributed by atoms with van der Waals surface area (Å²) >= 11 is 0. The van der Waals surface area contributed by atoms with Crippen LogP contribution in [0.25, 0.3) is 83.0 Å². The maximum absolute atomic E-state index is 5.06. The smallest absolute Gasteiger partial charge is 0.145 e. The maximum Gasteiger partial charge on any atom is 0.145 e. The Balaban J connectivity index is 1.05. The van der Waals surface area contributed by atoms with E-state index in [0.29, 0.717) is 0 Å². The number of benzene rings is 9. The third-order valence-electron chi connectivity index (χ3n) is 12.0. The monoisotopic (exact) mass is 684 g/mol. The van der Waals surface area contributed by atoms with Gasteiger partial charge in [-0.1, -0.05) is 164 Å². The number of hydrogen-bond donors (Lipinski definition) is 0. The number of rotatable bonds is 3. The fourth-order valence-corrected chi connectivity index (χ4v) is 9.80. The van der Waals surface area contributed by atoms with Crippen LogP contribution in [0.3, 0.4) is 0 Å². The van der Waals surface area contributed by atoms with E-state index < -0.39 is 5.41 Å². The number of aromatic nitrogens is 2. The van der Waals surface area contributed by atoms with Crippen molar-refractivity contribution in [2.24, 2.45) is 0 Å². The van der Waals surface area contributed by atoms with Gasteiger partial charge in [0.05, 0.1) is 16.4 Å². The van der Waals surface area contributed by atoms with Crippen molar-refractivity contribution in [3.8, 4) is 50.5 Å². The molecule has 9 aromatic carbocycles. The number of imidazole rings is 1. The number of fused-ring (bicyclic) bond motifs is 15. The van der Waals surface area contributed by atoms with Crippen LogP contribution >= 0.6 is 0 Å². The molecule has 1 heterocycles. The zero-order chi connectivity index (χ0) is 35.4. The van der Waals surface area contributed by atoms with Crippen molar-refractivity contribution in [2.75, 3.05) is 0 Å². The van der Waals surface area contributed by atoms with Crippen molar-refractivity contribution in [3.05, 3.63) is 216 Å². The lowest BCUT2D eigenvalue weighted by atomic mass is 9.69. The van der Waals surface area contributed by atoms with Crippen LogP contribution in [0, 0.1) is 0 Å². The van der Waals surface area contributed by atoms with E-state index >= 15 is 0 Å². The lowest BCUT2D eigenvalue weighted by molar-refractivity contribution is 0.802. The topological polar surface area (TPSA) is 17.8 Å². The van der Waals surface area contributed by atoms with E-state index in [0.717, 1.165) is 28.1 Å². The van der Waals surface area contributed by atoms with Crippen molar-refractivity contribution in [3.63, 3.8) is 0 Å². The molecule has 0 unspecified atom stereocenters. The Kier molecular flexibility index (Phi) is 6.01. The molecular weight excluding hydrogens is 653 g/mol. The van der Waals surface area contributed by atoms with Crippen LogP contribution < -0.4 is 0 Å². The minimum Gasteiger partial charge on any atom is -0.292 e. The molecule has 0 atom stereocenters. The molecule has 0 saturated carbocycles. The summed E-state index contributed by atoms with van der Waals surface area (Å²) in [4.78, 5) is 5.06. The van der Waals surface area contributed by atoms with Crippen molar-refractivity contribution in [2.45, 2.75) is 5.41 Å². The Labute approximate surface area is 313 Å². The third kappa shape index (κ3) is 3.87. The lowest BCUT2D eigenvalue weighted by Crippen LogP contribution is -2.26. The predicted molar refractivity (Wildman–Crippen MR) is 223 cm³/mol. The van der Waals surface area contributed by atoms with Gasteiger partial charge < -0.3 is 0 Å². The molecule has 12 rings (SSSR count). The van der Waals surface area contributed by atoms with Gasteiger partial charge >= 0.3 is 0 Å². The summed E-state index contributed by atoms with van der Waals surface area (Å²) < 4.78 is 2.27. The quantitative estimate of drug-likeness (QED) is 0.181. The van der Waals surface area contributed by atoms with Crippen molar-refractivity contribution in [1.82, 2.24) is 9.55 Å². The highest BCUT2D eigenvalue weighted by atomic mass is 15.1. The number of nitrogens with zero attached hydrogens (tertiary/aromatic N) is 2. The number of para-hydroxylation sites is 2. The van der Waals surface area contributed by atoms with Gasteiger partial charge in [0.25, 0.3) is 0 Å². The second-order valence-corrected chi connectivity index (χ2v) is 14.6. The van der Waals surface area contributed by atoms with Crippen molar-refractivity contribution >= 4 is 32.6 Å². The predicted octanol–water partition coefficient (Wildman–Crippen LogP) is 13.0. The molecule has 0 fully saturated rings. The molecule has 2 aliphatic carbocycles. The van der Waals surface area contributed by atoms with E-state index in [1.807, 2.05) is 0 Å². The summed E-state index contributed by atoms with van der Waals surface area (Å²) in [5.74, 6) is 0.946. The first-order valence-corrected chi connectivity index (χ1v) is 18.7. The first kappa shape index (κ1) is 29.5. The van der Waals surface area contributed by atoms with Gasteiger partial charge in [0.15, 0.2) is 0 Å². The SMILES string of the molecule is c1ccc(-c2nc3ccccc3n2-c2ccc(-c3ccc4c5c(ccc4c3)-c3c(ccc4ccccc34)C53c4ccccc4-c4ccccc43)cc2)cc1. The normalized spacial score (nSPS) is 13.3. The Hall–Kier alpha value is -7.03. The van der Waals surface area contributed by atoms with Gasteiger partial charge in [-0.2, -0.15) is 0 Å². The van der Waals surface area contributed by atoms with Crippen molar-refractivity contribution < 1.29 is 0 Å². The summed E-state index contributed by atoms with van der Waals surface area (Å²) in [5, 5.41) is 5.14. The summed E-state index contributed by atoms with van der Waals surface area (Å²) in [7, 11) is 0. The zero-order valence-corrected chi connectivity index (χ0v) is 29.4. The highest BCUT2D eigenvalue weighted by Crippen LogP contribution is 2.65. The fraction of sp³-hybridized carbons (Fsp3) is 0.0192. The summed E-state index contributed by atoms with van der Waals surface area (Å²) in [5.41, 5.74) is 17.1. The van der Waals surface area contributed by atoms with E-state index in [1.54, 1.807) is 0 Å². The molecular formula is C52H32N2. The Bertz CT molecular complexity index is 3100. The van der Waals surface area contributed by atoms with Crippen LogP contribution in [0.5, 0.6) is 0 Å². The van der Waals surface area contributed by atoms with Gasteiger partial charge in [0.1, 0.15) is 5.82 Å². The molecule has 0 saturated heterocycles. The molecule has 1 spiro atoms. The summed E-state index contributed by atoms with van der Waals surface area (Å²) in [6.45, 7) is 0. The van der Waals surface area contributed by atoms with Gasteiger partial charge in [0, 0.05) is 11.3 Å². The van der Waals surface area contributed by atoms with E-state index in [2.05, 4.69) is 199 Å². The van der Waals surface area contributed by atoms with E-state index in [1.165, 1.54) is 77.2 Å². The van der Waals surface area contributed by atoms with Crippen LogP contribution in [0.2, 0.25) is 0 Å². The molecule has 0 amide bonds. The molecule has 0 radical (unpaired) electrons. The van der Waals surface area contributed by atoms with E-state index in [-0.39, 0.29) is 0 Å². The molecule has 10 aromatic rings. The van der Waals surface area contributed by atoms with Crippen molar-refractivity contribution in [1.29, 1.82) is 0 Å². The summed E-state index contributed by atoms with van der Waals surface area (Å²) in [6, 6.07) is 71.4. The largest absolute Gasteiger partial charge is 0.292 e. The maximum atomic E-state index is 5.06. The van der Waals surface area contributed by atoms with Crippen LogP contribution in [0.4, 0.5) is 0 Å². The van der Waals surface area contributed by atoms with E-state index in [9.17, 15) is 0 Å². The Morgan fingerprint density at radius 1 is 0.407 bits per heavy atom. The third-order valence-corrected chi connectivity index (χ3v) is 12.0. The van der Waals surface area contributed by atoms with Gasteiger partial charge in [-0.25, -0.2) is 4.98 Å². The molecule has 54 heavy (non-hydrogen) atoms. The minimum atomic E-state index is -0.408. The van der Waals surface area contributed by atoms with Gasteiger partial charge in [-0.15, -0.1) is 0 Å². The highest BCUT2D eigenvalue weighted by Gasteiger charge is 2.52. The van der Waals surface area contributed by atoms with Crippen LogP contribution in [-0.4, -0.2) is 9.55 Å². The minimum absolute atomic E-state index is 0.408. The molecule has 0 bridgehead atoms. The van der Waals surface area contributed by atoms with Gasteiger partial charge in [0.2, 0.25) is 0 Å². The zero-order valence-electron chi connectivity index (χ0n) is 29.4. The van der Waals surface area contributed by atoms with Gasteiger partial charge in [-0.3, -0.25) is 4.57 Å². The first-order valence-electron chi connectivity index (χ1n) is 18.7. The average Bonchev–Trinajstić information content (AvgIpc) is 3.88. The summed E-state index contributed by atoms with van der Waals surface area (Å²) in [6.07, 6.45) is 0. The average molecular weight is 685 g/mol. The molecule has 250 valence electrons. The molecule has 1 aromatic heterocycles. The standard InChI is InChI=1S/C52H32N2/c1-2-13-35(14-3-1)51-53-47-20-10-11-21-48(47)54(51)38-27-22-33(23-28-38)36-24-29-40-37(32-36)25-30-43-49-39-15-5-4-12-34(39)26-31-46(49)52(50(40)43)44-18-8-6-16-41(44)42-17-7-9-19-45(42)52/h1-32H. The van der Waals surface area contributed by atoms with E-state index in [4.69, 9.17) is 4.98 Å².